The minimum atomic E-state index is -0.330. The molecule has 0 radical (unpaired) electrons. The fourth-order valence-electron chi connectivity index (χ4n) is 2.31. The number of benzene rings is 1. The molecule has 1 fully saturated rings. The molecular weight excluding hydrogens is 238 g/mol. The number of Topliss-reactive ketones (excluding diaryl/α,β-unsaturated/α-hetero) is 1. The van der Waals surface area contributed by atoms with Crippen LogP contribution in [-0.2, 0) is 5.41 Å². The summed E-state index contributed by atoms with van der Waals surface area (Å²) in [5, 5.41) is 0. The van der Waals surface area contributed by atoms with Crippen molar-refractivity contribution >= 4 is 5.78 Å². The molecule has 0 bridgehead atoms. The Kier molecular flexibility index (Phi) is 3.43. The predicted octanol–water partition coefficient (Wildman–Crippen LogP) is 2.91. The Morgan fingerprint density at radius 3 is 2.42 bits per heavy atom. The van der Waals surface area contributed by atoms with Crippen LogP contribution in [0.1, 0.15) is 49.5 Å². The molecule has 1 aromatic rings. The first-order valence-electron chi connectivity index (χ1n) is 6.77. The minimum Gasteiger partial charge on any atom is -0.496 e. The highest BCUT2D eigenvalue weighted by atomic mass is 16.5. The SMILES string of the molecule is COc1ccc(C(C)(C)C)cc1C(=O)C1(CN)CC1. The van der Waals surface area contributed by atoms with Crippen molar-refractivity contribution in [2.45, 2.75) is 39.0 Å². The van der Waals surface area contributed by atoms with E-state index in [0.717, 1.165) is 18.4 Å². The van der Waals surface area contributed by atoms with Crippen LogP contribution in [0.5, 0.6) is 5.75 Å². The Morgan fingerprint density at radius 1 is 1.37 bits per heavy atom. The average molecular weight is 261 g/mol. The standard InChI is InChI=1S/C16H23NO2/c1-15(2,3)11-5-6-13(19-4)12(9-11)14(18)16(10-17)7-8-16/h5-6,9H,7-8,10,17H2,1-4H3. The Balaban J connectivity index is 2.45. The quantitative estimate of drug-likeness (QED) is 0.848. The van der Waals surface area contributed by atoms with Gasteiger partial charge in [-0.1, -0.05) is 26.8 Å². The zero-order chi connectivity index (χ0) is 14.3. The molecule has 1 aliphatic carbocycles. The van der Waals surface area contributed by atoms with Crippen molar-refractivity contribution in [2.75, 3.05) is 13.7 Å². The summed E-state index contributed by atoms with van der Waals surface area (Å²) in [5.41, 5.74) is 7.27. The number of carbonyl (C=O) groups is 1. The summed E-state index contributed by atoms with van der Waals surface area (Å²) >= 11 is 0. The number of ether oxygens (including phenoxy) is 1. The van der Waals surface area contributed by atoms with Gasteiger partial charge in [0.2, 0.25) is 0 Å². The molecule has 0 spiro atoms. The van der Waals surface area contributed by atoms with E-state index in [1.165, 1.54) is 0 Å². The van der Waals surface area contributed by atoms with E-state index in [-0.39, 0.29) is 16.6 Å². The van der Waals surface area contributed by atoms with Crippen molar-refractivity contribution < 1.29 is 9.53 Å². The van der Waals surface area contributed by atoms with Gasteiger partial charge in [0.1, 0.15) is 5.75 Å². The van der Waals surface area contributed by atoms with Crippen molar-refractivity contribution in [3.05, 3.63) is 29.3 Å². The number of hydrogen-bond donors (Lipinski definition) is 1. The summed E-state index contributed by atoms with van der Waals surface area (Å²) in [5.74, 6) is 0.788. The fraction of sp³-hybridized carbons (Fsp3) is 0.562. The van der Waals surface area contributed by atoms with E-state index >= 15 is 0 Å². The maximum Gasteiger partial charge on any atom is 0.173 e. The number of nitrogens with two attached hydrogens (primary N) is 1. The van der Waals surface area contributed by atoms with E-state index in [0.29, 0.717) is 17.9 Å². The molecule has 1 aromatic carbocycles. The van der Waals surface area contributed by atoms with Crippen LogP contribution in [0.2, 0.25) is 0 Å². The highest BCUT2D eigenvalue weighted by Crippen LogP contribution is 2.48. The van der Waals surface area contributed by atoms with Gasteiger partial charge in [0.25, 0.3) is 0 Å². The van der Waals surface area contributed by atoms with E-state index in [1.54, 1.807) is 7.11 Å². The lowest BCUT2D eigenvalue weighted by atomic mass is 9.84. The van der Waals surface area contributed by atoms with E-state index in [2.05, 4.69) is 20.8 Å². The summed E-state index contributed by atoms with van der Waals surface area (Å²) in [4.78, 5) is 12.7. The second kappa shape index (κ2) is 4.64. The second-order valence-corrected chi connectivity index (χ2v) is 6.48. The van der Waals surface area contributed by atoms with Gasteiger partial charge in [0.15, 0.2) is 5.78 Å². The molecule has 3 nitrogen and oxygen atoms in total. The molecule has 0 atom stereocenters. The highest BCUT2D eigenvalue weighted by molar-refractivity contribution is 6.04. The van der Waals surface area contributed by atoms with Crippen LogP contribution in [0.3, 0.4) is 0 Å². The van der Waals surface area contributed by atoms with Gasteiger partial charge in [-0.3, -0.25) is 4.79 Å². The lowest BCUT2D eigenvalue weighted by molar-refractivity contribution is 0.0902. The maximum atomic E-state index is 12.7. The number of carbonyl (C=O) groups excluding carboxylic acids is 1. The summed E-state index contributed by atoms with van der Waals surface area (Å²) < 4.78 is 5.34. The van der Waals surface area contributed by atoms with Crippen LogP contribution in [0.25, 0.3) is 0 Å². The first kappa shape index (κ1) is 14.1. The lowest BCUT2D eigenvalue weighted by Gasteiger charge is -2.22. The van der Waals surface area contributed by atoms with Crippen molar-refractivity contribution in [3.63, 3.8) is 0 Å². The van der Waals surface area contributed by atoms with Crippen LogP contribution in [-0.4, -0.2) is 19.4 Å². The fourth-order valence-corrected chi connectivity index (χ4v) is 2.31. The van der Waals surface area contributed by atoms with Gasteiger partial charge in [-0.05, 0) is 36.0 Å². The molecule has 2 N–H and O–H groups in total. The molecule has 3 heteroatoms. The van der Waals surface area contributed by atoms with Gasteiger partial charge in [-0.2, -0.15) is 0 Å². The number of methoxy groups -OCH3 is 1. The zero-order valence-electron chi connectivity index (χ0n) is 12.2. The molecule has 0 heterocycles. The Morgan fingerprint density at radius 2 is 2.00 bits per heavy atom. The van der Waals surface area contributed by atoms with E-state index in [9.17, 15) is 4.79 Å². The zero-order valence-corrected chi connectivity index (χ0v) is 12.2. The highest BCUT2D eigenvalue weighted by Gasteiger charge is 2.49. The van der Waals surface area contributed by atoms with Crippen molar-refractivity contribution in [3.8, 4) is 5.75 Å². The first-order chi connectivity index (χ1) is 8.84. The third-order valence-electron chi connectivity index (χ3n) is 4.04. The van der Waals surface area contributed by atoms with Crippen LogP contribution < -0.4 is 10.5 Å². The number of hydrogen-bond acceptors (Lipinski definition) is 3. The average Bonchev–Trinajstić information content (AvgIpc) is 3.17. The third kappa shape index (κ3) is 2.52. The number of ketones is 1. The molecule has 104 valence electrons. The van der Waals surface area contributed by atoms with Gasteiger partial charge in [0, 0.05) is 12.0 Å². The van der Waals surface area contributed by atoms with Crippen molar-refractivity contribution in [2.24, 2.45) is 11.1 Å². The number of rotatable bonds is 4. The van der Waals surface area contributed by atoms with Crippen molar-refractivity contribution in [1.82, 2.24) is 0 Å². The largest absolute Gasteiger partial charge is 0.496 e. The Bertz CT molecular complexity index is 496. The molecule has 19 heavy (non-hydrogen) atoms. The van der Waals surface area contributed by atoms with Gasteiger partial charge in [0.05, 0.1) is 12.7 Å². The van der Waals surface area contributed by atoms with E-state index in [1.807, 2.05) is 18.2 Å². The van der Waals surface area contributed by atoms with Crippen LogP contribution in [0.15, 0.2) is 18.2 Å². The van der Waals surface area contributed by atoms with Crippen LogP contribution in [0.4, 0.5) is 0 Å². The first-order valence-corrected chi connectivity index (χ1v) is 6.77. The van der Waals surface area contributed by atoms with Gasteiger partial charge in [-0.15, -0.1) is 0 Å². The van der Waals surface area contributed by atoms with Gasteiger partial charge < -0.3 is 10.5 Å². The smallest absolute Gasteiger partial charge is 0.173 e. The summed E-state index contributed by atoms with van der Waals surface area (Å²) in [6.07, 6.45) is 1.79. The molecule has 0 amide bonds. The lowest BCUT2D eigenvalue weighted by Crippen LogP contribution is -2.26. The molecular formula is C16H23NO2. The molecule has 0 aromatic heterocycles. The van der Waals surface area contributed by atoms with Gasteiger partial charge >= 0.3 is 0 Å². The topological polar surface area (TPSA) is 52.3 Å². The monoisotopic (exact) mass is 261 g/mol. The van der Waals surface area contributed by atoms with E-state index < -0.39 is 0 Å². The maximum absolute atomic E-state index is 12.7. The molecule has 1 aliphatic rings. The normalized spacial score (nSPS) is 17.1. The summed E-state index contributed by atoms with van der Waals surface area (Å²) in [6, 6.07) is 5.88. The van der Waals surface area contributed by atoms with E-state index in [4.69, 9.17) is 10.5 Å². The van der Waals surface area contributed by atoms with Gasteiger partial charge in [-0.25, -0.2) is 0 Å². The summed E-state index contributed by atoms with van der Waals surface area (Å²) in [7, 11) is 1.60. The van der Waals surface area contributed by atoms with Crippen molar-refractivity contribution in [1.29, 1.82) is 0 Å². The predicted molar refractivity (Wildman–Crippen MR) is 76.7 cm³/mol. The molecule has 0 unspecified atom stereocenters. The summed E-state index contributed by atoms with van der Waals surface area (Å²) in [6.45, 7) is 6.84. The molecule has 1 saturated carbocycles. The molecule has 0 saturated heterocycles. The van der Waals surface area contributed by atoms with Crippen LogP contribution >= 0.6 is 0 Å². The molecule has 2 rings (SSSR count). The van der Waals surface area contributed by atoms with Crippen LogP contribution in [0, 0.1) is 5.41 Å². The molecule has 0 aliphatic heterocycles. The minimum absolute atomic E-state index is 0.0146. The Hall–Kier alpha value is -1.35. The third-order valence-corrected chi connectivity index (χ3v) is 4.04. The Labute approximate surface area is 115 Å². The second-order valence-electron chi connectivity index (χ2n) is 6.48.